The van der Waals surface area contributed by atoms with E-state index in [1.54, 1.807) is 11.0 Å². The number of nitrogens with zero attached hydrogens (tertiary/aromatic N) is 2. The molecule has 0 saturated heterocycles. The van der Waals surface area contributed by atoms with Gasteiger partial charge in [-0.1, -0.05) is 0 Å². The molecule has 1 atom stereocenters. The summed E-state index contributed by atoms with van der Waals surface area (Å²) in [5, 5.41) is 11.7. The van der Waals surface area contributed by atoms with Gasteiger partial charge < -0.3 is 5.11 Å². The maximum Gasteiger partial charge on any atom is 0.134 e. The molecule has 3 nitrogen and oxygen atoms in total. The molecule has 0 amide bonds. The third-order valence-electron chi connectivity index (χ3n) is 1.53. The second-order valence-corrected chi connectivity index (χ2v) is 4.68. The van der Waals surface area contributed by atoms with Gasteiger partial charge in [0.15, 0.2) is 0 Å². The summed E-state index contributed by atoms with van der Waals surface area (Å²) in [5.74, 6) is 0. The van der Waals surface area contributed by atoms with E-state index in [-0.39, 0.29) is 0 Å². The summed E-state index contributed by atoms with van der Waals surface area (Å²) in [6.07, 6.45) is -0.659. The minimum absolute atomic E-state index is 0.659. The van der Waals surface area contributed by atoms with Gasteiger partial charge in [-0.05, 0) is 15.9 Å². The fraction of sp³-hybridized carbons (Fsp3) is 0.143. The summed E-state index contributed by atoms with van der Waals surface area (Å²) in [4.78, 5) is 8.84. The first-order valence-corrected chi connectivity index (χ1v) is 6.05. The molecule has 2 aromatic heterocycles. The summed E-state index contributed by atoms with van der Waals surface area (Å²) in [7, 11) is 0. The largest absolute Gasteiger partial charge is 0.381 e. The third-order valence-corrected chi connectivity index (χ3v) is 3.91. The third kappa shape index (κ3) is 1.80. The van der Waals surface area contributed by atoms with Gasteiger partial charge in [0.1, 0.15) is 10.7 Å². The van der Waals surface area contributed by atoms with E-state index in [9.17, 15) is 5.11 Å². The van der Waals surface area contributed by atoms with Gasteiger partial charge in [0.25, 0.3) is 0 Å². The predicted octanol–water partition coefficient (Wildman–Crippen LogP) is 2.44. The molecule has 0 bridgehead atoms. The van der Waals surface area contributed by atoms with Gasteiger partial charge in [0.05, 0.1) is 21.6 Å². The quantitative estimate of drug-likeness (QED) is 0.917. The first-order chi connectivity index (χ1) is 6.29. The van der Waals surface area contributed by atoms with E-state index >= 15 is 0 Å². The molecular formula is C7H5BrN2OS2. The van der Waals surface area contributed by atoms with Crippen LogP contribution in [0.5, 0.6) is 0 Å². The van der Waals surface area contributed by atoms with Gasteiger partial charge in [0.2, 0.25) is 0 Å². The Hall–Kier alpha value is -0.300. The summed E-state index contributed by atoms with van der Waals surface area (Å²) in [6.45, 7) is 0. The molecule has 2 aromatic rings. The molecule has 0 saturated carbocycles. The Bertz CT molecular complexity index is 387. The Labute approximate surface area is 91.2 Å². The number of halogens is 1. The van der Waals surface area contributed by atoms with Crippen molar-refractivity contribution in [2.24, 2.45) is 0 Å². The van der Waals surface area contributed by atoms with Crippen molar-refractivity contribution in [1.29, 1.82) is 0 Å². The summed E-state index contributed by atoms with van der Waals surface area (Å²) in [6, 6.07) is 0. The van der Waals surface area contributed by atoms with Crippen LogP contribution >= 0.6 is 38.6 Å². The van der Waals surface area contributed by atoms with Crippen molar-refractivity contribution in [1.82, 2.24) is 9.97 Å². The normalized spacial score (nSPS) is 13.1. The zero-order chi connectivity index (χ0) is 9.26. The van der Waals surface area contributed by atoms with E-state index in [0.29, 0.717) is 10.3 Å². The summed E-state index contributed by atoms with van der Waals surface area (Å²) in [5.41, 5.74) is 4.07. The van der Waals surface area contributed by atoms with E-state index < -0.39 is 6.10 Å². The molecule has 68 valence electrons. The minimum atomic E-state index is -0.659. The number of aromatic nitrogens is 2. The van der Waals surface area contributed by atoms with Gasteiger partial charge in [-0.15, -0.1) is 22.7 Å². The molecule has 0 aliphatic heterocycles. The van der Waals surface area contributed by atoms with Crippen molar-refractivity contribution in [3.63, 3.8) is 0 Å². The highest BCUT2D eigenvalue weighted by molar-refractivity contribution is 9.10. The molecule has 0 aliphatic carbocycles. The number of aliphatic hydroxyl groups is 1. The van der Waals surface area contributed by atoms with E-state index in [0.717, 1.165) is 4.88 Å². The predicted molar refractivity (Wildman–Crippen MR) is 56.0 cm³/mol. The molecule has 0 fully saturated rings. The van der Waals surface area contributed by atoms with Crippen LogP contribution in [0.4, 0.5) is 0 Å². The highest BCUT2D eigenvalue weighted by Crippen LogP contribution is 2.30. The van der Waals surface area contributed by atoms with Crippen molar-refractivity contribution in [3.8, 4) is 0 Å². The SMILES string of the molecule is OC(c1cscn1)c1scnc1Br. The lowest BCUT2D eigenvalue weighted by atomic mass is 10.2. The van der Waals surface area contributed by atoms with Crippen molar-refractivity contribution in [3.05, 3.63) is 31.6 Å². The van der Waals surface area contributed by atoms with Crippen molar-refractivity contribution in [2.75, 3.05) is 0 Å². The minimum Gasteiger partial charge on any atom is -0.381 e. The molecule has 2 heterocycles. The molecule has 1 unspecified atom stereocenters. The van der Waals surface area contributed by atoms with Crippen LogP contribution in [-0.2, 0) is 0 Å². The van der Waals surface area contributed by atoms with Crippen LogP contribution in [-0.4, -0.2) is 15.1 Å². The summed E-state index contributed by atoms with van der Waals surface area (Å²) < 4.78 is 0.693. The molecule has 1 N–H and O–H groups in total. The molecule has 6 heteroatoms. The van der Waals surface area contributed by atoms with Crippen LogP contribution in [0.2, 0.25) is 0 Å². The number of hydrogen-bond donors (Lipinski definition) is 1. The van der Waals surface area contributed by atoms with Crippen LogP contribution in [0, 0.1) is 0 Å². The second kappa shape index (κ2) is 3.83. The van der Waals surface area contributed by atoms with Gasteiger partial charge in [-0.2, -0.15) is 0 Å². The van der Waals surface area contributed by atoms with Gasteiger partial charge in [-0.3, -0.25) is 0 Å². The van der Waals surface area contributed by atoms with Crippen LogP contribution in [0.25, 0.3) is 0 Å². The molecule has 0 radical (unpaired) electrons. The highest BCUT2D eigenvalue weighted by Gasteiger charge is 2.17. The van der Waals surface area contributed by atoms with E-state index in [1.165, 1.54) is 22.7 Å². The van der Waals surface area contributed by atoms with Gasteiger partial charge in [0, 0.05) is 5.38 Å². The van der Waals surface area contributed by atoms with Crippen LogP contribution < -0.4 is 0 Å². The Kier molecular flexibility index (Phi) is 2.73. The fourth-order valence-electron chi connectivity index (χ4n) is 0.910. The fourth-order valence-corrected chi connectivity index (χ4v) is 2.89. The van der Waals surface area contributed by atoms with Gasteiger partial charge >= 0.3 is 0 Å². The van der Waals surface area contributed by atoms with Crippen LogP contribution in [0.15, 0.2) is 21.0 Å². The molecule has 13 heavy (non-hydrogen) atoms. The Morgan fingerprint density at radius 1 is 1.38 bits per heavy atom. The van der Waals surface area contributed by atoms with Crippen molar-refractivity contribution in [2.45, 2.75) is 6.10 Å². The molecule has 2 rings (SSSR count). The second-order valence-electron chi connectivity index (χ2n) is 2.32. The zero-order valence-corrected chi connectivity index (χ0v) is 9.56. The van der Waals surface area contributed by atoms with Crippen molar-refractivity contribution < 1.29 is 5.11 Å². The molecule has 0 spiro atoms. The average molecular weight is 277 g/mol. The smallest absolute Gasteiger partial charge is 0.134 e. The van der Waals surface area contributed by atoms with E-state index in [4.69, 9.17) is 0 Å². The molecule has 0 aromatic carbocycles. The number of aliphatic hydroxyl groups excluding tert-OH is 1. The Morgan fingerprint density at radius 2 is 2.23 bits per heavy atom. The standard InChI is InChI=1S/C7H5BrN2OS2/c8-7-6(13-3-10-7)5(11)4-1-12-2-9-4/h1-3,5,11H. The Morgan fingerprint density at radius 3 is 2.77 bits per heavy atom. The van der Waals surface area contributed by atoms with Crippen LogP contribution in [0.1, 0.15) is 16.7 Å². The monoisotopic (exact) mass is 276 g/mol. The lowest BCUT2D eigenvalue weighted by Gasteiger charge is -2.03. The van der Waals surface area contributed by atoms with E-state index in [2.05, 4.69) is 25.9 Å². The number of hydrogen-bond acceptors (Lipinski definition) is 5. The lowest BCUT2D eigenvalue weighted by molar-refractivity contribution is 0.219. The zero-order valence-electron chi connectivity index (χ0n) is 6.35. The first kappa shape index (κ1) is 9.26. The number of thiazole rings is 2. The maximum atomic E-state index is 9.84. The molecular weight excluding hydrogens is 272 g/mol. The molecule has 0 aliphatic rings. The van der Waals surface area contributed by atoms with Crippen molar-refractivity contribution >= 4 is 38.6 Å². The Balaban J connectivity index is 2.33. The first-order valence-electron chi connectivity index (χ1n) is 3.44. The highest BCUT2D eigenvalue weighted by atomic mass is 79.9. The topological polar surface area (TPSA) is 46.0 Å². The summed E-state index contributed by atoms with van der Waals surface area (Å²) >= 11 is 6.15. The van der Waals surface area contributed by atoms with Crippen LogP contribution in [0.3, 0.4) is 0 Å². The number of rotatable bonds is 2. The average Bonchev–Trinajstić information content (AvgIpc) is 2.72. The van der Waals surface area contributed by atoms with Gasteiger partial charge in [-0.25, -0.2) is 9.97 Å². The lowest BCUT2D eigenvalue weighted by Crippen LogP contribution is -1.97. The maximum absolute atomic E-state index is 9.84. The van der Waals surface area contributed by atoms with E-state index in [1.807, 2.05) is 5.38 Å².